The Bertz CT molecular complexity index is 1200. The average molecular weight is 425 g/mol. The van der Waals surface area contributed by atoms with Crippen LogP contribution in [0.2, 0.25) is 0 Å². The van der Waals surface area contributed by atoms with Gasteiger partial charge >= 0.3 is 0 Å². The van der Waals surface area contributed by atoms with E-state index in [0.29, 0.717) is 17.8 Å². The summed E-state index contributed by atoms with van der Waals surface area (Å²) in [6.45, 7) is 4.11. The van der Waals surface area contributed by atoms with Crippen molar-refractivity contribution in [2.75, 3.05) is 12.0 Å². The van der Waals surface area contributed by atoms with Gasteiger partial charge in [0.15, 0.2) is 0 Å². The van der Waals surface area contributed by atoms with E-state index in [-0.39, 0.29) is 34.1 Å². The molecule has 31 heavy (non-hydrogen) atoms. The molecule has 0 bridgehead atoms. The minimum Gasteiger partial charge on any atom is -0.345 e. The number of aromatic nitrogens is 1. The highest BCUT2D eigenvalue weighted by atomic mass is 19.1. The zero-order chi connectivity index (χ0) is 22.1. The Morgan fingerprint density at radius 3 is 2.61 bits per heavy atom. The molecule has 2 N–H and O–H groups in total. The van der Waals surface area contributed by atoms with Crippen LogP contribution >= 0.6 is 0 Å². The van der Waals surface area contributed by atoms with Crippen molar-refractivity contribution in [3.8, 4) is 0 Å². The predicted octanol–water partition coefficient (Wildman–Crippen LogP) is 4.42. The van der Waals surface area contributed by atoms with Gasteiger partial charge in [-0.1, -0.05) is 31.2 Å². The third-order valence-electron chi connectivity index (χ3n) is 5.73. The molecule has 1 fully saturated rings. The molecule has 1 aliphatic rings. The van der Waals surface area contributed by atoms with Crippen LogP contribution in [0.25, 0.3) is 10.8 Å². The second-order valence-electron chi connectivity index (χ2n) is 8.02. The normalized spacial score (nSPS) is 14.5. The first-order valence-electron chi connectivity index (χ1n) is 10.6. The molecule has 1 saturated carbocycles. The first-order chi connectivity index (χ1) is 14.9. The molecule has 1 atom stereocenters. The second kappa shape index (κ2) is 8.49. The Labute approximate surface area is 179 Å². The largest absolute Gasteiger partial charge is 0.345 e. The van der Waals surface area contributed by atoms with Crippen LogP contribution in [-0.2, 0) is 0 Å². The Hall–Kier alpha value is -3.22. The smallest absolute Gasteiger partial charge is 0.279 e. The van der Waals surface area contributed by atoms with Gasteiger partial charge in [-0.05, 0) is 55.9 Å². The molecular weight excluding hydrogens is 400 g/mol. The van der Waals surface area contributed by atoms with Crippen molar-refractivity contribution in [1.82, 2.24) is 9.99 Å². The van der Waals surface area contributed by atoms with Crippen LogP contribution in [0.3, 0.4) is 0 Å². The molecule has 0 spiro atoms. The van der Waals surface area contributed by atoms with Crippen molar-refractivity contribution in [3.05, 3.63) is 81.3 Å². The number of amides is 1. The van der Waals surface area contributed by atoms with Crippen molar-refractivity contribution in [2.45, 2.75) is 39.2 Å². The minimum absolute atomic E-state index is 0.129. The number of hydrogen-bond donors (Lipinski definition) is 2. The molecule has 2 aromatic carbocycles. The SMILES string of the molecule is CCCNn1c(C)c(C(=O)NC(c2cccc(F)c2)C2CC2)c2cccc(F)c2c1=O. The van der Waals surface area contributed by atoms with E-state index >= 15 is 0 Å². The second-order valence-corrected chi connectivity index (χ2v) is 8.02. The Morgan fingerprint density at radius 2 is 1.94 bits per heavy atom. The van der Waals surface area contributed by atoms with Gasteiger partial charge < -0.3 is 10.7 Å². The molecule has 1 unspecified atom stereocenters. The number of hydrogen-bond acceptors (Lipinski definition) is 3. The highest BCUT2D eigenvalue weighted by Crippen LogP contribution is 2.41. The summed E-state index contributed by atoms with van der Waals surface area (Å²) in [5.41, 5.74) is 3.79. The molecule has 1 aliphatic carbocycles. The number of carbonyl (C=O) groups excluding carboxylic acids is 1. The van der Waals surface area contributed by atoms with Gasteiger partial charge in [0, 0.05) is 11.9 Å². The monoisotopic (exact) mass is 425 g/mol. The fraction of sp³-hybridized carbons (Fsp3) is 0.333. The van der Waals surface area contributed by atoms with Gasteiger partial charge in [0.1, 0.15) is 11.6 Å². The Kier molecular flexibility index (Phi) is 5.76. The van der Waals surface area contributed by atoms with Gasteiger partial charge in [-0.25, -0.2) is 13.5 Å². The van der Waals surface area contributed by atoms with Gasteiger partial charge in [-0.15, -0.1) is 0 Å². The molecule has 0 aliphatic heterocycles. The molecule has 5 nitrogen and oxygen atoms in total. The fourth-order valence-electron chi connectivity index (χ4n) is 4.04. The van der Waals surface area contributed by atoms with E-state index in [0.717, 1.165) is 19.3 Å². The number of carbonyl (C=O) groups is 1. The summed E-state index contributed by atoms with van der Waals surface area (Å²) < 4.78 is 29.7. The highest BCUT2D eigenvalue weighted by Gasteiger charge is 2.34. The lowest BCUT2D eigenvalue weighted by Crippen LogP contribution is -2.37. The standard InChI is InChI=1S/C24H25F2N3O2/c1-3-12-27-29-14(2)20(18-8-5-9-19(26)21(18)24(29)31)23(30)28-22(15-10-11-15)16-6-4-7-17(25)13-16/h4-9,13,15,22,27H,3,10-12H2,1-2H3,(H,28,30). The molecule has 0 radical (unpaired) electrons. The maximum Gasteiger partial charge on any atom is 0.279 e. The molecule has 7 heteroatoms. The van der Waals surface area contributed by atoms with Crippen molar-refractivity contribution in [1.29, 1.82) is 0 Å². The fourth-order valence-corrected chi connectivity index (χ4v) is 4.04. The average Bonchev–Trinajstić information content (AvgIpc) is 3.57. The van der Waals surface area contributed by atoms with E-state index < -0.39 is 17.3 Å². The maximum atomic E-state index is 14.6. The minimum atomic E-state index is -0.674. The summed E-state index contributed by atoms with van der Waals surface area (Å²) in [5.74, 6) is -1.23. The predicted molar refractivity (Wildman–Crippen MR) is 117 cm³/mol. The number of halogens is 2. The van der Waals surface area contributed by atoms with Gasteiger partial charge in [0.25, 0.3) is 11.5 Å². The molecule has 4 rings (SSSR count). The topological polar surface area (TPSA) is 63.1 Å². The van der Waals surface area contributed by atoms with E-state index in [9.17, 15) is 18.4 Å². The van der Waals surface area contributed by atoms with Crippen LogP contribution in [0.5, 0.6) is 0 Å². The number of fused-ring (bicyclic) bond motifs is 1. The molecular formula is C24H25F2N3O2. The van der Waals surface area contributed by atoms with Crippen molar-refractivity contribution >= 4 is 16.7 Å². The van der Waals surface area contributed by atoms with Crippen molar-refractivity contribution < 1.29 is 13.6 Å². The number of benzene rings is 2. The summed E-state index contributed by atoms with van der Waals surface area (Å²) >= 11 is 0. The molecule has 1 heterocycles. The highest BCUT2D eigenvalue weighted by molar-refractivity contribution is 6.08. The Balaban J connectivity index is 1.81. The third kappa shape index (κ3) is 4.04. The van der Waals surface area contributed by atoms with E-state index in [1.165, 1.54) is 28.9 Å². The van der Waals surface area contributed by atoms with Crippen LogP contribution in [0.1, 0.15) is 53.8 Å². The van der Waals surface area contributed by atoms with Crippen LogP contribution in [0, 0.1) is 24.5 Å². The van der Waals surface area contributed by atoms with Crippen LogP contribution in [0.4, 0.5) is 8.78 Å². The molecule has 1 amide bonds. The van der Waals surface area contributed by atoms with Crippen molar-refractivity contribution in [3.63, 3.8) is 0 Å². The molecule has 3 aromatic rings. The summed E-state index contributed by atoms with van der Waals surface area (Å²) in [7, 11) is 0. The van der Waals surface area contributed by atoms with Gasteiger partial charge in [0.2, 0.25) is 0 Å². The van der Waals surface area contributed by atoms with Gasteiger partial charge in [-0.3, -0.25) is 9.59 Å². The van der Waals surface area contributed by atoms with E-state index in [4.69, 9.17) is 0 Å². The van der Waals surface area contributed by atoms with E-state index in [1.54, 1.807) is 25.1 Å². The molecule has 1 aromatic heterocycles. The molecule has 0 saturated heterocycles. The Morgan fingerprint density at radius 1 is 1.19 bits per heavy atom. The van der Waals surface area contributed by atoms with E-state index in [1.807, 2.05) is 6.92 Å². The first kappa shape index (κ1) is 21.0. The number of nitrogens with zero attached hydrogens (tertiary/aromatic N) is 1. The van der Waals surface area contributed by atoms with E-state index in [2.05, 4.69) is 10.7 Å². The molecule has 162 valence electrons. The summed E-state index contributed by atoms with van der Waals surface area (Å²) in [6, 6.07) is 10.1. The van der Waals surface area contributed by atoms with Crippen LogP contribution < -0.4 is 16.3 Å². The number of nitrogens with one attached hydrogen (secondary N) is 2. The zero-order valence-corrected chi connectivity index (χ0v) is 17.5. The quantitative estimate of drug-likeness (QED) is 0.589. The van der Waals surface area contributed by atoms with Crippen LogP contribution in [-0.4, -0.2) is 17.1 Å². The van der Waals surface area contributed by atoms with Gasteiger partial charge in [-0.2, -0.15) is 0 Å². The zero-order valence-electron chi connectivity index (χ0n) is 17.5. The number of pyridine rings is 1. The summed E-state index contributed by atoms with van der Waals surface area (Å²) in [6.07, 6.45) is 2.63. The van der Waals surface area contributed by atoms with Gasteiger partial charge in [0.05, 0.1) is 22.7 Å². The lowest BCUT2D eigenvalue weighted by Gasteiger charge is -2.22. The number of rotatable bonds is 7. The maximum absolute atomic E-state index is 14.6. The van der Waals surface area contributed by atoms with Crippen molar-refractivity contribution in [2.24, 2.45) is 5.92 Å². The first-order valence-corrected chi connectivity index (χ1v) is 10.6. The summed E-state index contributed by atoms with van der Waals surface area (Å²) in [4.78, 5) is 26.4. The lowest BCUT2D eigenvalue weighted by atomic mass is 9.99. The third-order valence-corrected chi connectivity index (χ3v) is 5.73. The summed E-state index contributed by atoms with van der Waals surface area (Å²) in [5, 5.41) is 3.16. The van der Waals surface area contributed by atoms with Crippen LogP contribution in [0.15, 0.2) is 47.3 Å². The lowest BCUT2D eigenvalue weighted by molar-refractivity contribution is 0.0932.